The highest BCUT2D eigenvalue weighted by Crippen LogP contribution is 2.16. The zero-order chi connectivity index (χ0) is 14.6. The van der Waals surface area contributed by atoms with Crippen molar-refractivity contribution in [3.63, 3.8) is 0 Å². The maximum Gasteiger partial charge on any atom is 0.119 e. The van der Waals surface area contributed by atoms with E-state index in [1.165, 1.54) is 19.3 Å². The molecule has 1 rings (SSSR count). The van der Waals surface area contributed by atoms with Gasteiger partial charge >= 0.3 is 0 Å². The molecular formula is C17H23NO2. The lowest BCUT2D eigenvalue weighted by molar-refractivity contribution is 0.229. The molecule has 0 aromatic heterocycles. The summed E-state index contributed by atoms with van der Waals surface area (Å²) < 4.78 is 10.7. The Kier molecular flexibility index (Phi) is 8.17. The van der Waals surface area contributed by atoms with Crippen LogP contribution < -0.4 is 4.74 Å². The average Bonchev–Trinajstić information content (AvgIpc) is 2.47. The highest BCUT2D eigenvalue weighted by molar-refractivity contribution is 5.58. The van der Waals surface area contributed by atoms with E-state index in [-0.39, 0.29) is 0 Å². The van der Waals surface area contributed by atoms with Crippen molar-refractivity contribution in [2.75, 3.05) is 20.3 Å². The largest absolute Gasteiger partial charge is 0.494 e. The SMILES string of the molecule is CCCCCCOc1cccc(/C=C(\C#N)COC)c1. The molecule has 1 aromatic rings. The van der Waals surface area contributed by atoms with Gasteiger partial charge < -0.3 is 9.47 Å². The highest BCUT2D eigenvalue weighted by atomic mass is 16.5. The standard InChI is InChI=1S/C17H23NO2/c1-3-4-5-6-10-20-17-9-7-8-15(12-17)11-16(13-18)14-19-2/h7-9,11-12H,3-6,10,14H2,1-2H3/b16-11+. The predicted octanol–water partition coefficient (Wildman–Crippen LogP) is 4.20. The van der Waals surface area contributed by atoms with Gasteiger partial charge in [0, 0.05) is 7.11 Å². The average molecular weight is 273 g/mol. The Bertz CT molecular complexity index is 460. The van der Waals surface area contributed by atoms with Crippen molar-refractivity contribution < 1.29 is 9.47 Å². The summed E-state index contributed by atoms with van der Waals surface area (Å²) in [7, 11) is 1.58. The van der Waals surface area contributed by atoms with E-state index in [2.05, 4.69) is 13.0 Å². The van der Waals surface area contributed by atoms with Gasteiger partial charge in [-0.3, -0.25) is 0 Å². The molecule has 20 heavy (non-hydrogen) atoms. The molecule has 0 unspecified atom stereocenters. The van der Waals surface area contributed by atoms with Crippen molar-refractivity contribution in [1.82, 2.24) is 0 Å². The number of nitriles is 1. The first kappa shape index (κ1) is 16.3. The monoisotopic (exact) mass is 273 g/mol. The van der Waals surface area contributed by atoms with Gasteiger partial charge in [0.05, 0.1) is 24.9 Å². The molecule has 0 aliphatic carbocycles. The Labute approximate surface area is 121 Å². The molecule has 0 N–H and O–H groups in total. The number of nitrogens with zero attached hydrogens (tertiary/aromatic N) is 1. The summed E-state index contributed by atoms with van der Waals surface area (Å²) in [5.74, 6) is 0.852. The number of hydrogen-bond acceptors (Lipinski definition) is 3. The van der Waals surface area contributed by atoms with Gasteiger partial charge in [0.1, 0.15) is 5.75 Å². The van der Waals surface area contributed by atoms with Crippen molar-refractivity contribution in [3.8, 4) is 11.8 Å². The highest BCUT2D eigenvalue weighted by Gasteiger charge is 1.98. The topological polar surface area (TPSA) is 42.2 Å². The van der Waals surface area contributed by atoms with Crippen LogP contribution >= 0.6 is 0 Å². The number of ether oxygens (including phenoxy) is 2. The normalized spacial score (nSPS) is 11.2. The first-order valence-electron chi connectivity index (χ1n) is 7.12. The third-order valence-corrected chi connectivity index (χ3v) is 2.91. The van der Waals surface area contributed by atoms with Crippen molar-refractivity contribution in [2.45, 2.75) is 32.6 Å². The van der Waals surface area contributed by atoms with Crippen LogP contribution in [0.15, 0.2) is 29.8 Å². The van der Waals surface area contributed by atoms with E-state index < -0.39 is 0 Å². The van der Waals surface area contributed by atoms with Gasteiger partial charge in [0.15, 0.2) is 0 Å². The predicted molar refractivity (Wildman–Crippen MR) is 81.5 cm³/mol. The molecule has 3 nitrogen and oxygen atoms in total. The number of unbranched alkanes of at least 4 members (excludes halogenated alkanes) is 3. The lowest BCUT2D eigenvalue weighted by atomic mass is 10.1. The summed E-state index contributed by atoms with van der Waals surface area (Å²) >= 11 is 0. The minimum Gasteiger partial charge on any atom is -0.494 e. The molecule has 0 saturated carbocycles. The fourth-order valence-corrected chi connectivity index (χ4v) is 1.88. The molecule has 108 valence electrons. The van der Waals surface area contributed by atoms with E-state index in [0.717, 1.165) is 24.3 Å². The van der Waals surface area contributed by atoms with Gasteiger partial charge in [-0.1, -0.05) is 38.3 Å². The van der Waals surface area contributed by atoms with Crippen LogP contribution in [0.4, 0.5) is 0 Å². The molecule has 0 radical (unpaired) electrons. The van der Waals surface area contributed by atoms with Crippen molar-refractivity contribution >= 4 is 6.08 Å². The maximum absolute atomic E-state index is 8.98. The number of methoxy groups -OCH3 is 1. The van der Waals surface area contributed by atoms with Crippen molar-refractivity contribution in [2.24, 2.45) is 0 Å². The molecule has 1 aromatic carbocycles. The van der Waals surface area contributed by atoms with Crippen molar-refractivity contribution in [1.29, 1.82) is 5.26 Å². The second-order valence-corrected chi connectivity index (χ2v) is 4.70. The fraction of sp³-hybridized carbons (Fsp3) is 0.471. The molecule has 0 heterocycles. The number of hydrogen-bond donors (Lipinski definition) is 0. The lowest BCUT2D eigenvalue weighted by Gasteiger charge is -2.07. The summed E-state index contributed by atoms with van der Waals surface area (Å²) in [5.41, 5.74) is 1.57. The fourth-order valence-electron chi connectivity index (χ4n) is 1.88. The minimum absolute atomic E-state index is 0.332. The smallest absolute Gasteiger partial charge is 0.119 e. The summed E-state index contributed by atoms with van der Waals surface area (Å²) in [6.07, 6.45) is 6.61. The van der Waals surface area contributed by atoms with E-state index >= 15 is 0 Å². The Morgan fingerprint density at radius 3 is 2.85 bits per heavy atom. The van der Waals surface area contributed by atoms with E-state index in [1.54, 1.807) is 7.11 Å². The van der Waals surface area contributed by atoms with Crippen LogP contribution in [0, 0.1) is 11.3 Å². The summed E-state index contributed by atoms with van der Waals surface area (Å²) in [4.78, 5) is 0. The summed E-state index contributed by atoms with van der Waals surface area (Å²) in [6, 6.07) is 9.92. The number of rotatable bonds is 9. The quantitative estimate of drug-likeness (QED) is 0.500. The Morgan fingerprint density at radius 1 is 1.30 bits per heavy atom. The molecule has 0 fully saturated rings. The van der Waals surface area contributed by atoms with E-state index in [4.69, 9.17) is 14.7 Å². The molecular weight excluding hydrogens is 250 g/mol. The van der Waals surface area contributed by atoms with Crippen LogP contribution in [0.1, 0.15) is 38.2 Å². The van der Waals surface area contributed by atoms with Gasteiger partial charge in [-0.25, -0.2) is 0 Å². The number of benzene rings is 1. The zero-order valence-corrected chi connectivity index (χ0v) is 12.4. The van der Waals surface area contributed by atoms with E-state index in [0.29, 0.717) is 12.2 Å². The molecule has 0 atom stereocenters. The van der Waals surface area contributed by atoms with Gasteiger partial charge in [0.25, 0.3) is 0 Å². The lowest BCUT2D eigenvalue weighted by Crippen LogP contribution is -1.97. The Hall–Kier alpha value is -1.79. The molecule has 0 spiro atoms. The Morgan fingerprint density at radius 2 is 2.15 bits per heavy atom. The van der Waals surface area contributed by atoms with Crippen LogP contribution in [0.3, 0.4) is 0 Å². The van der Waals surface area contributed by atoms with Gasteiger partial charge in [0.2, 0.25) is 0 Å². The molecule has 0 saturated heterocycles. The molecule has 0 amide bonds. The van der Waals surface area contributed by atoms with E-state index in [9.17, 15) is 0 Å². The summed E-state index contributed by atoms with van der Waals surface area (Å²) in [5, 5.41) is 8.98. The van der Waals surface area contributed by atoms with Crippen LogP contribution in [-0.2, 0) is 4.74 Å². The van der Waals surface area contributed by atoms with Crippen LogP contribution in [-0.4, -0.2) is 20.3 Å². The van der Waals surface area contributed by atoms with Crippen LogP contribution in [0.2, 0.25) is 0 Å². The molecule has 3 heteroatoms. The van der Waals surface area contributed by atoms with Crippen molar-refractivity contribution in [3.05, 3.63) is 35.4 Å². The zero-order valence-electron chi connectivity index (χ0n) is 12.4. The molecule has 0 aliphatic rings. The van der Waals surface area contributed by atoms with Gasteiger partial charge in [-0.15, -0.1) is 0 Å². The third-order valence-electron chi connectivity index (χ3n) is 2.91. The van der Waals surface area contributed by atoms with E-state index in [1.807, 2.05) is 30.3 Å². The maximum atomic E-state index is 8.98. The first-order valence-corrected chi connectivity index (χ1v) is 7.12. The van der Waals surface area contributed by atoms with Gasteiger partial charge in [-0.05, 0) is 30.2 Å². The van der Waals surface area contributed by atoms with Crippen LogP contribution in [0.25, 0.3) is 6.08 Å². The molecule has 0 aliphatic heterocycles. The summed E-state index contributed by atoms with van der Waals surface area (Å²) in [6.45, 7) is 3.28. The second kappa shape index (κ2) is 10.1. The minimum atomic E-state index is 0.332. The van der Waals surface area contributed by atoms with Crippen LogP contribution in [0.5, 0.6) is 5.75 Å². The molecule has 0 bridgehead atoms. The second-order valence-electron chi connectivity index (χ2n) is 4.70. The Balaban J connectivity index is 2.55. The first-order chi connectivity index (χ1) is 9.80. The van der Waals surface area contributed by atoms with Gasteiger partial charge in [-0.2, -0.15) is 5.26 Å². The third kappa shape index (κ3) is 6.40.